The first-order valence-electron chi connectivity index (χ1n) is 9.96. The summed E-state index contributed by atoms with van der Waals surface area (Å²) in [5.41, 5.74) is 2.94. The van der Waals surface area contributed by atoms with Crippen LogP contribution in [0.2, 0.25) is 0 Å². The summed E-state index contributed by atoms with van der Waals surface area (Å²) in [5.74, 6) is 0.0340. The quantitative estimate of drug-likeness (QED) is 0.566. The summed E-state index contributed by atoms with van der Waals surface area (Å²) in [7, 11) is -2.43. The minimum absolute atomic E-state index is 0.121. The van der Waals surface area contributed by atoms with Crippen LogP contribution >= 0.6 is 0 Å². The predicted octanol–water partition coefficient (Wildman–Crippen LogP) is 4.40. The van der Waals surface area contributed by atoms with Crippen LogP contribution in [0.1, 0.15) is 18.1 Å². The van der Waals surface area contributed by atoms with Crippen molar-refractivity contribution in [2.75, 3.05) is 23.3 Å². The summed E-state index contributed by atoms with van der Waals surface area (Å²) >= 11 is 0. The highest BCUT2D eigenvalue weighted by Crippen LogP contribution is 2.27. The van der Waals surface area contributed by atoms with Crippen LogP contribution in [0.3, 0.4) is 0 Å². The van der Waals surface area contributed by atoms with E-state index in [2.05, 4.69) is 5.32 Å². The molecule has 3 aromatic rings. The summed E-state index contributed by atoms with van der Waals surface area (Å²) in [6.07, 6.45) is 0.833. The Bertz CT molecular complexity index is 1140. The topological polar surface area (TPSA) is 75.7 Å². The average molecular weight is 439 g/mol. The van der Waals surface area contributed by atoms with Gasteiger partial charge in [-0.3, -0.25) is 9.10 Å². The van der Waals surface area contributed by atoms with Crippen molar-refractivity contribution in [2.24, 2.45) is 0 Å². The Morgan fingerprint density at radius 1 is 1.00 bits per heavy atom. The first-order chi connectivity index (χ1) is 14.8. The molecule has 7 heteroatoms. The van der Waals surface area contributed by atoms with Crippen LogP contribution in [0.25, 0.3) is 0 Å². The lowest BCUT2D eigenvalue weighted by Crippen LogP contribution is -2.38. The van der Waals surface area contributed by atoms with E-state index in [-0.39, 0.29) is 11.4 Å². The first kappa shape index (κ1) is 22.4. The lowest BCUT2D eigenvalue weighted by molar-refractivity contribution is -0.114. The molecule has 0 aliphatic rings. The van der Waals surface area contributed by atoms with Gasteiger partial charge in [-0.1, -0.05) is 43.3 Å². The maximum Gasteiger partial charge on any atom is 0.264 e. The fourth-order valence-corrected chi connectivity index (χ4v) is 4.61. The second-order valence-electron chi connectivity index (χ2n) is 7.10. The zero-order valence-corrected chi connectivity index (χ0v) is 18.6. The Morgan fingerprint density at radius 2 is 1.68 bits per heavy atom. The second-order valence-corrected chi connectivity index (χ2v) is 8.96. The summed E-state index contributed by atoms with van der Waals surface area (Å²) < 4.78 is 33.2. The molecule has 0 saturated heterocycles. The third-order valence-electron chi connectivity index (χ3n) is 4.88. The van der Waals surface area contributed by atoms with Crippen molar-refractivity contribution < 1.29 is 17.9 Å². The van der Waals surface area contributed by atoms with Gasteiger partial charge >= 0.3 is 0 Å². The molecule has 0 radical (unpaired) electrons. The Morgan fingerprint density at radius 3 is 2.29 bits per heavy atom. The molecule has 0 unspecified atom stereocenters. The van der Waals surface area contributed by atoms with E-state index in [1.165, 1.54) is 19.2 Å². The molecule has 0 bridgehead atoms. The summed E-state index contributed by atoms with van der Waals surface area (Å²) in [6, 6.07) is 20.7. The molecule has 162 valence electrons. The maximum absolute atomic E-state index is 13.4. The normalized spacial score (nSPS) is 11.1. The molecule has 0 atom stereocenters. The van der Waals surface area contributed by atoms with Crippen LogP contribution < -0.4 is 14.4 Å². The number of rotatable bonds is 8. The Hall–Kier alpha value is -3.32. The van der Waals surface area contributed by atoms with E-state index in [1.807, 2.05) is 32.0 Å². The fourth-order valence-electron chi connectivity index (χ4n) is 3.17. The number of hydrogen-bond donors (Lipinski definition) is 1. The SMILES string of the molecule is CCc1ccc(N(CC(=O)Nc2cc(C)ccc2OC)S(=O)(=O)c2ccccc2)cc1. The predicted molar refractivity (Wildman–Crippen MR) is 123 cm³/mol. The summed E-state index contributed by atoms with van der Waals surface area (Å²) in [6.45, 7) is 3.55. The molecule has 0 aliphatic heterocycles. The van der Waals surface area contributed by atoms with E-state index in [0.29, 0.717) is 17.1 Å². The van der Waals surface area contributed by atoms with Crippen molar-refractivity contribution in [2.45, 2.75) is 25.2 Å². The Labute approximate surface area is 183 Å². The molecule has 1 amide bonds. The van der Waals surface area contributed by atoms with Gasteiger partial charge in [0.25, 0.3) is 10.0 Å². The molecule has 31 heavy (non-hydrogen) atoms. The van der Waals surface area contributed by atoms with Crippen molar-refractivity contribution in [1.82, 2.24) is 0 Å². The average Bonchev–Trinajstić information content (AvgIpc) is 2.78. The lowest BCUT2D eigenvalue weighted by Gasteiger charge is -2.24. The number of carbonyl (C=O) groups excluding carboxylic acids is 1. The van der Waals surface area contributed by atoms with E-state index in [4.69, 9.17) is 4.74 Å². The van der Waals surface area contributed by atoms with Gasteiger partial charge in [0.15, 0.2) is 0 Å². The number of ether oxygens (including phenoxy) is 1. The van der Waals surface area contributed by atoms with E-state index >= 15 is 0 Å². The highest BCUT2D eigenvalue weighted by molar-refractivity contribution is 7.92. The van der Waals surface area contributed by atoms with Gasteiger partial charge in [0, 0.05) is 0 Å². The highest BCUT2D eigenvalue weighted by Gasteiger charge is 2.27. The van der Waals surface area contributed by atoms with Gasteiger partial charge in [-0.15, -0.1) is 0 Å². The number of sulfonamides is 1. The monoisotopic (exact) mass is 438 g/mol. The molecule has 1 N–H and O–H groups in total. The van der Waals surface area contributed by atoms with Crippen LogP contribution in [0, 0.1) is 6.92 Å². The van der Waals surface area contributed by atoms with Crippen molar-refractivity contribution in [1.29, 1.82) is 0 Å². The number of aryl methyl sites for hydroxylation is 2. The van der Waals surface area contributed by atoms with E-state index in [0.717, 1.165) is 21.9 Å². The van der Waals surface area contributed by atoms with Crippen molar-refractivity contribution >= 4 is 27.3 Å². The Kier molecular flexibility index (Phi) is 6.97. The third kappa shape index (κ3) is 5.24. The van der Waals surface area contributed by atoms with Crippen molar-refractivity contribution in [3.05, 3.63) is 83.9 Å². The van der Waals surface area contributed by atoms with Gasteiger partial charge in [0.1, 0.15) is 12.3 Å². The van der Waals surface area contributed by atoms with Gasteiger partial charge in [-0.25, -0.2) is 8.42 Å². The summed E-state index contributed by atoms with van der Waals surface area (Å²) in [5, 5.41) is 2.78. The van der Waals surface area contributed by atoms with E-state index in [9.17, 15) is 13.2 Å². The van der Waals surface area contributed by atoms with Crippen LogP contribution in [0.15, 0.2) is 77.7 Å². The minimum Gasteiger partial charge on any atom is -0.495 e. The third-order valence-corrected chi connectivity index (χ3v) is 6.67. The molecule has 3 aromatic carbocycles. The molecule has 0 aromatic heterocycles. The highest BCUT2D eigenvalue weighted by atomic mass is 32.2. The lowest BCUT2D eigenvalue weighted by atomic mass is 10.1. The molecule has 0 spiro atoms. The second kappa shape index (κ2) is 9.66. The molecule has 0 fully saturated rings. The fraction of sp³-hybridized carbons (Fsp3) is 0.208. The number of methoxy groups -OCH3 is 1. The van der Waals surface area contributed by atoms with Crippen LogP contribution in [-0.2, 0) is 21.2 Å². The molecule has 0 aliphatic carbocycles. The number of anilines is 2. The number of amides is 1. The minimum atomic E-state index is -3.94. The van der Waals surface area contributed by atoms with Crippen LogP contribution in [-0.4, -0.2) is 28.0 Å². The molecule has 0 saturated carbocycles. The smallest absolute Gasteiger partial charge is 0.264 e. The maximum atomic E-state index is 13.4. The number of nitrogens with zero attached hydrogens (tertiary/aromatic N) is 1. The van der Waals surface area contributed by atoms with Crippen LogP contribution in [0.5, 0.6) is 5.75 Å². The van der Waals surface area contributed by atoms with Gasteiger partial charge < -0.3 is 10.1 Å². The van der Waals surface area contributed by atoms with Gasteiger partial charge in [-0.2, -0.15) is 0 Å². The Balaban J connectivity index is 1.95. The zero-order chi connectivity index (χ0) is 22.4. The zero-order valence-electron chi connectivity index (χ0n) is 17.8. The van der Waals surface area contributed by atoms with Crippen LogP contribution in [0.4, 0.5) is 11.4 Å². The summed E-state index contributed by atoms with van der Waals surface area (Å²) in [4.78, 5) is 13.0. The van der Waals surface area contributed by atoms with Gasteiger partial charge in [0.05, 0.1) is 23.4 Å². The van der Waals surface area contributed by atoms with Gasteiger partial charge in [0.2, 0.25) is 5.91 Å². The van der Waals surface area contributed by atoms with Crippen molar-refractivity contribution in [3.8, 4) is 5.75 Å². The molecule has 6 nitrogen and oxygen atoms in total. The van der Waals surface area contributed by atoms with Crippen molar-refractivity contribution in [3.63, 3.8) is 0 Å². The van der Waals surface area contributed by atoms with Gasteiger partial charge in [-0.05, 0) is 60.9 Å². The molecular weight excluding hydrogens is 412 g/mol. The molecule has 3 rings (SSSR count). The first-order valence-corrected chi connectivity index (χ1v) is 11.4. The van der Waals surface area contributed by atoms with E-state index in [1.54, 1.807) is 42.5 Å². The standard InChI is InChI=1S/C24H26N2O4S/c1-4-19-11-13-20(14-12-19)26(31(28,29)21-8-6-5-7-9-21)17-24(27)25-22-16-18(2)10-15-23(22)30-3/h5-16H,4,17H2,1-3H3,(H,25,27). The number of benzene rings is 3. The molecule has 0 heterocycles. The number of carbonyl (C=O) groups is 1. The molecular formula is C24H26N2O4S. The largest absolute Gasteiger partial charge is 0.495 e. The number of hydrogen-bond acceptors (Lipinski definition) is 4. The van der Waals surface area contributed by atoms with E-state index < -0.39 is 15.9 Å². The number of nitrogens with one attached hydrogen (secondary N) is 1.